The Kier molecular flexibility index (Phi) is 6.13. The number of piperidine rings is 1. The summed E-state index contributed by atoms with van der Waals surface area (Å²) in [6.45, 7) is 16.6. The van der Waals surface area contributed by atoms with Gasteiger partial charge in [-0.3, -0.25) is 4.90 Å². The Morgan fingerprint density at radius 1 is 1.17 bits per heavy atom. The van der Waals surface area contributed by atoms with E-state index in [9.17, 15) is 0 Å². The van der Waals surface area contributed by atoms with Crippen molar-refractivity contribution in [2.45, 2.75) is 84.8 Å². The molecule has 0 aromatic rings. The van der Waals surface area contributed by atoms with Crippen LogP contribution in [0.2, 0.25) is 0 Å². The van der Waals surface area contributed by atoms with Gasteiger partial charge in [0.1, 0.15) is 0 Å². The summed E-state index contributed by atoms with van der Waals surface area (Å²) in [5.74, 6) is 0.753. The van der Waals surface area contributed by atoms with Gasteiger partial charge in [-0.15, -0.1) is 0 Å². The SMILES string of the molecule is CCCNC1CCN(C(C)(CC)CC)C(C)C1C. The third kappa shape index (κ3) is 3.27. The van der Waals surface area contributed by atoms with E-state index in [4.69, 9.17) is 0 Å². The first-order valence-corrected chi connectivity index (χ1v) is 8.00. The van der Waals surface area contributed by atoms with Crippen LogP contribution in [0, 0.1) is 5.92 Å². The molecule has 1 aliphatic heterocycles. The minimum Gasteiger partial charge on any atom is -0.314 e. The second-order valence-electron chi connectivity index (χ2n) is 6.35. The minimum atomic E-state index is 0.392. The Morgan fingerprint density at radius 2 is 1.78 bits per heavy atom. The van der Waals surface area contributed by atoms with Crippen molar-refractivity contribution >= 4 is 0 Å². The minimum absolute atomic E-state index is 0.392. The van der Waals surface area contributed by atoms with E-state index in [-0.39, 0.29) is 0 Å². The third-order valence-corrected chi connectivity index (χ3v) is 5.44. The number of likely N-dealkylation sites (tertiary alicyclic amines) is 1. The first kappa shape index (κ1) is 16.0. The fourth-order valence-corrected chi connectivity index (χ4v) is 3.40. The summed E-state index contributed by atoms with van der Waals surface area (Å²) in [6.07, 6.45) is 5.06. The molecule has 1 saturated heterocycles. The fraction of sp³-hybridized carbons (Fsp3) is 1.00. The molecule has 0 radical (unpaired) electrons. The lowest BCUT2D eigenvalue weighted by molar-refractivity contribution is -0.00873. The van der Waals surface area contributed by atoms with E-state index in [0.29, 0.717) is 17.6 Å². The van der Waals surface area contributed by atoms with Gasteiger partial charge in [0.2, 0.25) is 0 Å². The van der Waals surface area contributed by atoms with Gasteiger partial charge in [0, 0.05) is 24.2 Å². The van der Waals surface area contributed by atoms with Gasteiger partial charge in [0.25, 0.3) is 0 Å². The van der Waals surface area contributed by atoms with Crippen LogP contribution in [0.1, 0.15) is 67.2 Å². The Bertz CT molecular complexity index is 235. The van der Waals surface area contributed by atoms with Crippen LogP contribution >= 0.6 is 0 Å². The van der Waals surface area contributed by atoms with Crippen LogP contribution in [0.15, 0.2) is 0 Å². The lowest BCUT2D eigenvalue weighted by Crippen LogP contribution is -2.60. The van der Waals surface area contributed by atoms with Crippen LogP contribution in [0.4, 0.5) is 0 Å². The normalized spacial score (nSPS) is 30.7. The molecule has 0 bridgehead atoms. The lowest BCUT2D eigenvalue weighted by Gasteiger charge is -2.51. The molecule has 1 fully saturated rings. The molecular formula is C16H34N2. The molecule has 0 aromatic carbocycles. The van der Waals surface area contributed by atoms with Gasteiger partial charge in [0.15, 0.2) is 0 Å². The zero-order valence-electron chi connectivity index (χ0n) is 13.4. The molecule has 108 valence electrons. The van der Waals surface area contributed by atoms with Crippen molar-refractivity contribution < 1.29 is 0 Å². The standard InChI is InChI=1S/C16H34N2/c1-7-11-17-15-10-12-18(14(5)13(15)4)16(6,8-2)9-3/h13-15,17H,7-12H2,1-6H3. The highest BCUT2D eigenvalue weighted by atomic mass is 15.2. The Hall–Kier alpha value is -0.0800. The molecule has 0 saturated carbocycles. The summed E-state index contributed by atoms with van der Waals surface area (Å²) in [4.78, 5) is 2.77. The maximum atomic E-state index is 3.73. The molecular weight excluding hydrogens is 220 g/mol. The Labute approximate surface area is 115 Å². The molecule has 1 aliphatic rings. The number of rotatable bonds is 6. The predicted octanol–water partition coefficient (Wildman–Crippen LogP) is 3.66. The van der Waals surface area contributed by atoms with Crippen molar-refractivity contribution in [3.05, 3.63) is 0 Å². The summed E-state index contributed by atoms with van der Waals surface area (Å²) >= 11 is 0. The molecule has 1 heterocycles. The average molecular weight is 254 g/mol. The molecule has 3 atom stereocenters. The Balaban J connectivity index is 2.68. The number of nitrogens with one attached hydrogen (secondary N) is 1. The summed E-state index contributed by atoms with van der Waals surface area (Å²) in [6, 6.07) is 1.41. The zero-order chi connectivity index (χ0) is 13.8. The summed E-state index contributed by atoms with van der Waals surface area (Å²) < 4.78 is 0. The van der Waals surface area contributed by atoms with Crippen LogP contribution in [0.5, 0.6) is 0 Å². The van der Waals surface area contributed by atoms with Crippen molar-refractivity contribution in [1.29, 1.82) is 0 Å². The molecule has 2 nitrogen and oxygen atoms in total. The lowest BCUT2D eigenvalue weighted by atomic mass is 9.81. The van der Waals surface area contributed by atoms with Gasteiger partial charge in [-0.05, 0) is 52.0 Å². The maximum absolute atomic E-state index is 3.73. The summed E-state index contributed by atoms with van der Waals surface area (Å²) in [5.41, 5.74) is 0.392. The molecule has 0 aromatic heterocycles. The van der Waals surface area contributed by atoms with E-state index >= 15 is 0 Å². The number of hydrogen-bond acceptors (Lipinski definition) is 2. The first-order valence-electron chi connectivity index (χ1n) is 8.00. The average Bonchev–Trinajstić information content (AvgIpc) is 2.39. The van der Waals surface area contributed by atoms with Gasteiger partial charge in [-0.2, -0.15) is 0 Å². The second-order valence-corrected chi connectivity index (χ2v) is 6.35. The zero-order valence-corrected chi connectivity index (χ0v) is 13.4. The summed E-state index contributed by atoms with van der Waals surface area (Å²) in [5, 5.41) is 3.73. The van der Waals surface area contributed by atoms with Crippen molar-refractivity contribution in [2.75, 3.05) is 13.1 Å². The van der Waals surface area contributed by atoms with Crippen molar-refractivity contribution in [3.63, 3.8) is 0 Å². The summed E-state index contributed by atoms with van der Waals surface area (Å²) in [7, 11) is 0. The van der Waals surface area contributed by atoms with Crippen molar-refractivity contribution in [3.8, 4) is 0 Å². The van der Waals surface area contributed by atoms with Gasteiger partial charge in [-0.1, -0.05) is 27.7 Å². The largest absolute Gasteiger partial charge is 0.314 e. The highest BCUT2D eigenvalue weighted by Gasteiger charge is 2.39. The molecule has 1 N–H and O–H groups in total. The quantitative estimate of drug-likeness (QED) is 0.778. The van der Waals surface area contributed by atoms with Crippen LogP contribution < -0.4 is 5.32 Å². The van der Waals surface area contributed by atoms with Gasteiger partial charge < -0.3 is 5.32 Å². The first-order chi connectivity index (χ1) is 8.50. The molecule has 0 aliphatic carbocycles. The van der Waals surface area contributed by atoms with Crippen molar-refractivity contribution in [2.24, 2.45) is 5.92 Å². The van der Waals surface area contributed by atoms with E-state index in [1.807, 2.05) is 0 Å². The predicted molar refractivity (Wildman–Crippen MR) is 81.0 cm³/mol. The van der Waals surface area contributed by atoms with Crippen LogP contribution in [-0.2, 0) is 0 Å². The maximum Gasteiger partial charge on any atom is 0.0179 e. The second kappa shape index (κ2) is 6.91. The number of hydrogen-bond donors (Lipinski definition) is 1. The van der Waals surface area contributed by atoms with Gasteiger partial charge in [-0.25, -0.2) is 0 Å². The fourth-order valence-electron chi connectivity index (χ4n) is 3.40. The van der Waals surface area contributed by atoms with Crippen LogP contribution in [0.3, 0.4) is 0 Å². The van der Waals surface area contributed by atoms with Gasteiger partial charge >= 0.3 is 0 Å². The van der Waals surface area contributed by atoms with E-state index in [2.05, 4.69) is 51.8 Å². The van der Waals surface area contributed by atoms with E-state index < -0.39 is 0 Å². The molecule has 0 spiro atoms. The van der Waals surface area contributed by atoms with Crippen LogP contribution in [-0.4, -0.2) is 35.6 Å². The van der Waals surface area contributed by atoms with E-state index in [1.165, 1.54) is 38.8 Å². The third-order valence-electron chi connectivity index (χ3n) is 5.44. The van der Waals surface area contributed by atoms with E-state index in [1.54, 1.807) is 0 Å². The smallest absolute Gasteiger partial charge is 0.0179 e. The highest BCUT2D eigenvalue weighted by molar-refractivity contribution is 4.95. The molecule has 0 amide bonds. The topological polar surface area (TPSA) is 15.3 Å². The molecule has 3 unspecified atom stereocenters. The molecule has 1 rings (SSSR count). The monoisotopic (exact) mass is 254 g/mol. The number of nitrogens with zero attached hydrogens (tertiary/aromatic N) is 1. The molecule has 18 heavy (non-hydrogen) atoms. The van der Waals surface area contributed by atoms with Gasteiger partial charge in [0.05, 0.1) is 0 Å². The van der Waals surface area contributed by atoms with Crippen molar-refractivity contribution in [1.82, 2.24) is 10.2 Å². The Morgan fingerprint density at radius 3 is 2.28 bits per heavy atom. The van der Waals surface area contributed by atoms with E-state index in [0.717, 1.165) is 5.92 Å². The highest BCUT2D eigenvalue weighted by Crippen LogP contribution is 2.33. The van der Waals surface area contributed by atoms with Crippen LogP contribution in [0.25, 0.3) is 0 Å². The molecule has 2 heteroatoms.